The number of benzene rings is 1. The van der Waals surface area contributed by atoms with E-state index in [4.69, 9.17) is 4.74 Å². The lowest BCUT2D eigenvalue weighted by Crippen LogP contribution is -2.38. The summed E-state index contributed by atoms with van der Waals surface area (Å²) >= 11 is 0. The van der Waals surface area contributed by atoms with Crippen LogP contribution in [0.1, 0.15) is 55.2 Å². The molecule has 1 aromatic rings. The van der Waals surface area contributed by atoms with Crippen LogP contribution in [0.25, 0.3) is 0 Å². The molecule has 0 atom stereocenters. The van der Waals surface area contributed by atoms with Gasteiger partial charge in [-0.05, 0) is 54.9 Å². The zero-order valence-corrected chi connectivity index (χ0v) is 12.1. The SMILES string of the molecule is COc1ccc(C2(C(=O)O)CCCCC2)c2c1CCC2. The quantitative estimate of drug-likeness (QED) is 0.918. The molecule has 20 heavy (non-hydrogen) atoms. The van der Waals surface area contributed by atoms with E-state index in [1.165, 1.54) is 11.1 Å². The van der Waals surface area contributed by atoms with Gasteiger partial charge in [0.1, 0.15) is 5.75 Å². The maximum Gasteiger partial charge on any atom is 0.314 e. The zero-order chi connectivity index (χ0) is 14.2. The van der Waals surface area contributed by atoms with E-state index >= 15 is 0 Å². The molecular formula is C17H22O3. The fourth-order valence-corrected chi connectivity index (χ4v) is 4.07. The summed E-state index contributed by atoms with van der Waals surface area (Å²) in [6, 6.07) is 3.99. The Balaban J connectivity index is 2.13. The Morgan fingerprint density at radius 3 is 2.45 bits per heavy atom. The van der Waals surface area contributed by atoms with Crippen molar-refractivity contribution in [2.45, 2.75) is 56.8 Å². The smallest absolute Gasteiger partial charge is 0.314 e. The van der Waals surface area contributed by atoms with Gasteiger partial charge in [-0.1, -0.05) is 25.3 Å². The summed E-state index contributed by atoms with van der Waals surface area (Å²) in [5.41, 5.74) is 2.92. The molecule has 1 aromatic carbocycles. The fraction of sp³-hybridized carbons (Fsp3) is 0.588. The monoisotopic (exact) mass is 274 g/mol. The number of carbonyl (C=O) groups is 1. The Morgan fingerprint density at radius 2 is 1.80 bits per heavy atom. The lowest BCUT2D eigenvalue weighted by atomic mass is 9.67. The Morgan fingerprint density at radius 1 is 1.10 bits per heavy atom. The highest BCUT2D eigenvalue weighted by Gasteiger charge is 2.43. The topological polar surface area (TPSA) is 46.5 Å². The Kier molecular flexibility index (Phi) is 3.45. The third kappa shape index (κ3) is 1.91. The maximum absolute atomic E-state index is 12.0. The molecule has 1 N–H and O–H groups in total. The molecule has 0 aromatic heterocycles. The van der Waals surface area contributed by atoms with Crippen molar-refractivity contribution >= 4 is 5.97 Å². The van der Waals surface area contributed by atoms with Crippen LogP contribution in [0.5, 0.6) is 5.75 Å². The van der Waals surface area contributed by atoms with Crippen molar-refractivity contribution in [2.24, 2.45) is 0 Å². The van der Waals surface area contributed by atoms with Gasteiger partial charge in [0.25, 0.3) is 0 Å². The summed E-state index contributed by atoms with van der Waals surface area (Å²) in [7, 11) is 1.70. The average Bonchev–Trinajstić information content (AvgIpc) is 2.96. The molecule has 2 aliphatic rings. The van der Waals surface area contributed by atoms with Crippen molar-refractivity contribution < 1.29 is 14.6 Å². The number of carboxylic acids is 1. The molecule has 3 nitrogen and oxygen atoms in total. The van der Waals surface area contributed by atoms with Crippen LogP contribution in [0.2, 0.25) is 0 Å². The minimum atomic E-state index is -0.654. The van der Waals surface area contributed by atoms with Gasteiger partial charge in [-0.3, -0.25) is 4.79 Å². The van der Waals surface area contributed by atoms with E-state index in [0.29, 0.717) is 0 Å². The molecule has 3 rings (SSSR count). The van der Waals surface area contributed by atoms with Gasteiger partial charge in [0.2, 0.25) is 0 Å². The molecule has 0 spiro atoms. The predicted molar refractivity (Wildman–Crippen MR) is 77.4 cm³/mol. The van der Waals surface area contributed by atoms with Gasteiger partial charge in [0.15, 0.2) is 0 Å². The van der Waals surface area contributed by atoms with Gasteiger partial charge < -0.3 is 9.84 Å². The molecule has 1 saturated carbocycles. The number of fused-ring (bicyclic) bond motifs is 1. The molecule has 0 saturated heterocycles. The Hall–Kier alpha value is -1.51. The number of hydrogen-bond acceptors (Lipinski definition) is 2. The van der Waals surface area contributed by atoms with Crippen molar-refractivity contribution in [3.63, 3.8) is 0 Å². The van der Waals surface area contributed by atoms with E-state index in [1.54, 1.807) is 7.11 Å². The van der Waals surface area contributed by atoms with Gasteiger partial charge in [-0.2, -0.15) is 0 Å². The second kappa shape index (κ2) is 5.12. The fourth-order valence-electron chi connectivity index (χ4n) is 4.07. The highest BCUT2D eigenvalue weighted by Crippen LogP contribution is 2.45. The second-order valence-electron chi connectivity index (χ2n) is 6.07. The predicted octanol–water partition coefficient (Wildman–Crippen LogP) is 3.47. The number of hydrogen-bond donors (Lipinski definition) is 1. The molecule has 0 heterocycles. The molecule has 0 bridgehead atoms. The van der Waals surface area contributed by atoms with Crippen LogP contribution in [-0.2, 0) is 23.1 Å². The van der Waals surface area contributed by atoms with Gasteiger partial charge in [0, 0.05) is 0 Å². The van der Waals surface area contributed by atoms with Crippen LogP contribution in [0.3, 0.4) is 0 Å². The van der Waals surface area contributed by atoms with Gasteiger partial charge in [-0.25, -0.2) is 0 Å². The molecule has 0 unspecified atom stereocenters. The third-order valence-corrected chi connectivity index (χ3v) is 5.09. The molecule has 0 amide bonds. The largest absolute Gasteiger partial charge is 0.496 e. The lowest BCUT2D eigenvalue weighted by molar-refractivity contribution is -0.145. The summed E-state index contributed by atoms with van der Waals surface area (Å²) in [5, 5.41) is 9.87. The average molecular weight is 274 g/mol. The molecule has 1 fully saturated rings. The number of aliphatic carboxylic acids is 1. The van der Waals surface area contributed by atoms with Crippen LogP contribution in [-0.4, -0.2) is 18.2 Å². The van der Waals surface area contributed by atoms with Gasteiger partial charge >= 0.3 is 5.97 Å². The van der Waals surface area contributed by atoms with Crippen molar-refractivity contribution in [3.05, 3.63) is 28.8 Å². The molecular weight excluding hydrogens is 252 g/mol. The minimum absolute atomic E-state index is 0.642. The highest BCUT2D eigenvalue weighted by atomic mass is 16.5. The van der Waals surface area contributed by atoms with Gasteiger partial charge in [0.05, 0.1) is 12.5 Å². The molecule has 0 aliphatic heterocycles. The first-order valence-electron chi connectivity index (χ1n) is 7.62. The van der Waals surface area contributed by atoms with E-state index < -0.39 is 11.4 Å². The van der Waals surface area contributed by atoms with Crippen LogP contribution < -0.4 is 4.74 Å². The van der Waals surface area contributed by atoms with E-state index in [9.17, 15) is 9.90 Å². The molecule has 108 valence electrons. The van der Waals surface area contributed by atoms with Crippen LogP contribution in [0.15, 0.2) is 12.1 Å². The van der Waals surface area contributed by atoms with E-state index in [1.807, 2.05) is 12.1 Å². The first-order valence-corrected chi connectivity index (χ1v) is 7.62. The van der Waals surface area contributed by atoms with Crippen molar-refractivity contribution in [3.8, 4) is 5.75 Å². The summed E-state index contributed by atoms with van der Waals surface area (Å²) in [5.74, 6) is 0.286. The molecule has 2 aliphatic carbocycles. The summed E-state index contributed by atoms with van der Waals surface area (Å²) in [6.07, 6.45) is 7.88. The van der Waals surface area contributed by atoms with Crippen molar-refractivity contribution in [2.75, 3.05) is 7.11 Å². The second-order valence-corrected chi connectivity index (χ2v) is 6.07. The minimum Gasteiger partial charge on any atom is -0.496 e. The van der Waals surface area contributed by atoms with Crippen LogP contribution in [0, 0.1) is 0 Å². The van der Waals surface area contributed by atoms with E-state index in [-0.39, 0.29) is 0 Å². The van der Waals surface area contributed by atoms with Gasteiger partial charge in [-0.15, -0.1) is 0 Å². The first kappa shape index (κ1) is 13.5. The third-order valence-electron chi connectivity index (χ3n) is 5.09. The van der Waals surface area contributed by atoms with E-state index in [0.717, 1.165) is 62.7 Å². The van der Waals surface area contributed by atoms with Crippen LogP contribution in [0.4, 0.5) is 0 Å². The normalized spacial score (nSPS) is 20.4. The van der Waals surface area contributed by atoms with Crippen LogP contribution >= 0.6 is 0 Å². The van der Waals surface area contributed by atoms with E-state index in [2.05, 4.69) is 0 Å². The maximum atomic E-state index is 12.0. The summed E-state index contributed by atoms with van der Waals surface area (Å²) < 4.78 is 5.45. The Bertz CT molecular complexity index is 527. The number of rotatable bonds is 3. The Labute approximate surface area is 120 Å². The number of methoxy groups -OCH3 is 1. The standard InChI is InChI=1S/C17H22O3/c1-20-15-9-8-14(12-6-5-7-13(12)15)17(16(18)19)10-3-2-4-11-17/h8-9H,2-7,10-11H2,1H3,(H,18,19). The molecule has 0 radical (unpaired) electrons. The first-order chi connectivity index (χ1) is 9.69. The number of ether oxygens (including phenoxy) is 1. The highest BCUT2D eigenvalue weighted by molar-refractivity contribution is 5.82. The number of carboxylic acid groups (broad SMARTS) is 1. The molecule has 3 heteroatoms. The van der Waals surface area contributed by atoms with Crippen molar-refractivity contribution in [1.29, 1.82) is 0 Å². The lowest BCUT2D eigenvalue weighted by Gasteiger charge is -2.35. The zero-order valence-electron chi connectivity index (χ0n) is 12.1. The summed E-state index contributed by atoms with van der Waals surface area (Å²) in [4.78, 5) is 12.0. The van der Waals surface area contributed by atoms with Crippen molar-refractivity contribution in [1.82, 2.24) is 0 Å². The summed E-state index contributed by atoms with van der Waals surface area (Å²) in [6.45, 7) is 0.